The third-order valence-corrected chi connectivity index (χ3v) is 4.71. The fraction of sp³-hybridized carbons (Fsp3) is 0.722. The highest BCUT2D eigenvalue weighted by Gasteiger charge is 2.22. The topological polar surface area (TPSA) is 64.3 Å². The summed E-state index contributed by atoms with van der Waals surface area (Å²) in [6.45, 7) is 10.1. The van der Waals surface area contributed by atoms with Crippen LogP contribution in [0, 0.1) is 5.92 Å². The monoisotopic (exact) mass is 331 g/mol. The zero-order valence-electron chi connectivity index (χ0n) is 15.2. The SMILES string of the molecule is CC1CCCCC1OCCNc1ccc2nnc(C(C)(C)C)n2n1. The Hall–Kier alpha value is -1.69. The van der Waals surface area contributed by atoms with E-state index in [2.05, 4.69) is 48.3 Å². The molecular formula is C18H29N5O. The minimum absolute atomic E-state index is 0.0920. The molecule has 0 amide bonds. The van der Waals surface area contributed by atoms with Gasteiger partial charge in [0.15, 0.2) is 11.5 Å². The highest BCUT2D eigenvalue weighted by Crippen LogP contribution is 2.26. The van der Waals surface area contributed by atoms with Crippen LogP contribution in [0.5, 0.6) is 0 Å². The van der Waals surface area contributed by atoms with E-state index >= 15 is 0 Å². The highest BCUT2D eigenvalue weighted by atomic mass is 16.5. The molecule has 1 N–H and O–H groups in total. The lowest BCUT2D eigenvalue weighted by molar-refractivity contribution is 0.000368. The van der Waals surface area contributed by atoms with Gasteiger partial charge in [-0.25, -0.2) is 0 Å². The molecule has 24 heavy (non-hydrogen) atoms. The van der Waals surface area contributed by atoms with E-state index in [1.807, 2.05) is 16.6 Å². The average molecular weight is 331 g/mol. The van der Waals surface area contributed by atoms with Crippen molar-refractivity contribution in [1.29, 1.82) is 0 Å². The van der Waals surface area contributed by atoms with Crippen molar-refractivity contribution in [3.8, 4) is 0 Å². The molecule has 1 fully saturated rings. The number of anilines is 1. The van der Waals surface area contributed by atoms with E-state index in [0.717, 1.165) is 23.8 Å². The fourth-order valence-electron chi connectivity index (χ4n) is 3.27. The smallest absolute Gasteiger partial charge is 0.178 e. The summed E-state index contributed by atoms with van der Waals surface area (Å²) in [4.78, 5) is 0. The van der Waals surface area contributed by atoms with E-state index in [9.17, 15) is 0 Å². The molecule has 2 aromatic heterocycles. The maximum Gasteiger partial charge on any atom is 0.178 e. The second-order valence-electron chi connectivity index (χ2n) is 7.86. The van der Waals surface area contributed by atoms with Gasteiger partial charge in [0.2, 0.25) is 0 Å². The van der Waals surface area contributed by atoms with Crippen molar-refractivity contribution in [3.63, 3.8) is 0 Å². The lowest BCUT2D eigenvalue weighted by Gasteiger charge is -2.28. The summed E-state index contributed by atoms with van der Waals surface area (Å²) in [7, 11) is 0. The lowest BCUT2D eigenvalue weighted by Crippen LogP contribution is -2.27. The van der Waals surface area contributed by atoms with E-state index in [1.54, 1.807) is 0 Å². The van der Waals surface area contributed by atoms with E-state index in [4.69, 9.17) is 4.74 Å². The molecule has 2 atom stereocenters. The van der Waals surface area contributed by atoms with E-state index in [0.29, 0.717) is 18.6 Å². The molecule has 0 saturated heterocycles. The van der Waals surface area contributed by atoms with Crippen LogP contribution >= 0.6 is 0 Å². The summed E-state index contributed by atoms with van der Waals surface area (Å²) in [6.07, 6.45) is 5.55. The number of rotatable bonds is 5. The number of nitrogens with zero attached hydrogens (tertiary/aromatic N) is 4. The van der Waals surface area contributed by atoms with Gasteiger partial charge in [0, 0.05) is 12.0 Å². The summed E-state index contributed by atoms with van der Waals surface area (Å²) in [5.74, 6) is 2.38. The second-order valence-corrected chi connectivity index (χ2v) is 7.86. The van der Waals surface area contributed by atoms with Crippen molar-refractivity contribution in [1.82, 2.24) is 19.8 Å². The molecule has 3 rings (SSSR count). The van der Waals surface area contributed by atoms with Gasteiger partial charge in [-0.05, 0) is 30.9 Å². The number of fused-ring (bicyclic) bond motifs is 1. The van der Waals surface area contributed by atoms with Crippen LogP contribution in [-0.4, -0.2) is 39.1 Å². The molecule has 1 saturated carbocycles. The summed E-state index contributed by atoms with van der Waals surface area (Å²) in [5.41, 5.74) is 0.684. The van der Waals surface area contributed by atoms with Gasteiger partial charge in [-0.3, -0.25) is 0 Å². The van der Waals surface area contributed by atoms with Crippen LogP contribution in [0.2, 0.25) is 0 Å². The fourth-order valence-corrected chi connectivity index (χ4v) is 3.27. The number of hydrogen-bond acceptors (Lipinski definition) is 5. The van der Waals surface area contributed by atoms with Crippen molar-refractivity contribution < 1.29 is 4.74 Å². The Morgan fingerprint density at radius 3 is 2.75 bits per heavy atom. The first-order valence-electron chi connectivity index (χ1n) is 9.03. The molecule has 0 spiro atoms. The van der Waals surface area contributed by atoms with Crippen molar-refractivity contribution in [2.45, 2.75) is 64.9 Å². The Morgan fingerprint density at radius 1 is 1.21 bits per heavy atom. The molecule has 0 aliphatic heterocycles. The first-order valence-corrected chi connectivity index (χ1v) is 9.03. The molecule has 6 nitrogen and oxygen atoms in total. The Morgan fingerprint density at radius 2 is 2.00 bits per heavy atom. The van der Waals surface area contributed by atoms with Crippen LogP contribution in [0.4, 0.5) is 5.82 Å². The number of ether oxygens (including phenoxy) is 1. The molecule has 0 aromatic carbocycles. The minimum Gasteiger partial charge on any atom is -0.376 e. The normalized spacial score (nSPS) is 22.0. The average Bonchev–Trinajstić information content (AvgIpc) is 2.96. The Bertz CT molecular complexity index is 676. The second kappa shape index (κ2) is 7.05. The molecule has 132 valence electrons. The first-order chi connectivity index (χ1) is 11.4. The van der Waals surface area contributed by atoms with Crippen molar-refractivity contribution in [2.24, 2.45) is 5.92 Å². The molecule has 2 aromatic rings. The molecule has 0 bridgehead atoms. The highest BCUT2D eigenvalue weighted by molar-refractivity contribution is 5.44. The third kappa shape index (κ3) is 3.86. The van der Waals surface area contributed by atoms with Crippen LogP contribution in [0.1, 0.15) is 59.2 Å². The summed E-state index contributed by atoms with van der Waals surface area (Å²) in [5, 5.41) is 16.4. The van der Waals surface area contributed by atoms with E-state index in [-0.39, 0.29) is 5.41 Å². The number of aromatic nitrogens is 4. The van der Waals surface area contributed by atoms with Gasteiger partial charge >= 0.3 is 0 Å². The van der Waals surface area contributed by atoms with E-state index in [1.165, 1.54) is 25.7 Å². The summed E-state index contributed by atoms with van der Waals surface area (Å²) >= 11 is 0. The zero-order chi connectivity index (χ0) is 17.2. The zero-order valence-corrected chi connectivity index (χ0v) is 15.2. The standard InChI is InChI=1S/C18H29N5O/c1-13-7-5-6-8-14(13)24-12-11-19-15-9-10-16-20-21-17(18(2,3)4)23(16)22-15/h9-10,13-14H,5-8,11-12H2,1-4H3,(H,19,22). The van der Waals surface area contributed by atoms with Gasteiger partial charge in [0.05, 0.1) is 12.7 Å². The van der Waals surface area contributed by atoms with Gasteiger partial charge in [0.1, 0.15) is 5.82 Å². The molecule has 2 heterocycles. The summed E-state index contributed by atoms with van der Waals surface area (Å²) in [6, 6.07) is 3.89. The Labute approximate surface area is 144 Å². The Balaban J connectivity index is 1.57. The van der Waals surface area contributed by atoms with Gasteiger partial charge in [-0.1, -0.05) is 40.5 Å². The third-order valence-electron chi connectivity index (χ3n) is 4.71. The molecule has 2 unspecified atom stereocenters. The van der Waals surface area contributed by atoms with Crippen LogP contribution in [-0.2, 0) is 10.2 Å². The molecule has 1 aliphatic carbocycles. The number of nitrogens with one attached hydrogen (secondary N) is 1. The van der Waals surface area contributed by atoms with E-state index < -0.39 is 0 Å². The predicted molar refractivity (Wildman–Crippen MR) is 95.3 cm³/mol. The maximum absolute atomic E-state index is 6.05. The van der Waals surface area contributed by atoms with Crippen molar-refractivity contribution in [3.05, 3.63) is 18.0 Å². The first kappa shape index (κ1) is 17.1. The van der Waals surface area contributed by atoms with Gasteiger partial charge < -0.3 is 10.1 Å². The van der Waals surface area contributed by atoms with Crippen LogP contribution in [0.25, 0.3) is 5.65 Å². The van der Waals surface area contributed by atoms with Gasteiger partial charge in [0.25, 0.3) is 0 Å². The number of hydrogen-bond donors (Lipinski definition) is 1. The molecule has 0 radical (unpaired) electrons. The molecule has 1 aliphatic rings. The van der Waals surface area contributed by atoms with Crippen molar-refractivity contribution in [2.75, 3.05) is 18.5 Å². The Kier molecular flexibility index (Phi) is 5.04. The van der Waals surface area contributed by atoms with Gasteiger partial charge in [-0.2, -0.15) is 4.52 Å². The molecular weight excluding hydrogens is 302 g/mol. The van der Waals surface area contributed by atoms with Crippen molar-refractivity contribution >= 4 is 11.5 Å². The van der Waals surface area contributed by atoms with Gasteiger partial charge in [-0.15, -0.1) is 15.3 Å². The maximum atomic E-state index is 6.05. The largest absolute Gasteiger partial charge is 0.376 e. The van der Waals surface area contributed by atoms with Crippen LogP contribution < -0.4 is 5.32 Å². The minimum atomic E-state index is -0.0920. The molecule has 6 heteroatoms. The van der Waals surface area contributed by atoms with Crippen LogP contribution in [0.3, 0.4) is 0 Å². The lowest BCUT2D eigenvalue weighted by atomic mass is 9.88. The van der Waals surface area contributed by atoms with Crippen LogP contribution in [0.15, 0.2) is 12.1 Å². The quantitative estimate of drug-likeness (QED) is 0.850. The summed E-state index contributed by atoms with van der Waals surface area (Å²) < 4.78 is 7.87. The predicted octanol–water partition coefficient (Wildman–Crippen LogP) is 3.43.